The van der Waals surface area contributed by atoms with Gasteiger partial charge in [-0.3, -0.25) is 4.55 Å². The molecule has 15 heavy (non-hydrogen) atoms. The minimum Gasteiger partial charge on any atom is -0.325 e. The number of hydrogen-bond donors (Lipinski definition) is 1. The summed E-state index contributed by atoms with van der Waals surface area (Å²) in [6.45, 7) is 0.503. The van der Waals surface area contributed by atoms with Crippen LogP contribution in [0, 0.1) is 0 Å². The van der Waals surface area contributed by atoms with Gasteiger partial charge in [-0.25, -0.2) is 0 Å². The zero-order chi connectivity index (χ0) is 11.5. The maximum absolute atomic E-state index is 10.7. The first-order valence-corrected chi connectivity index (χ1v) is 7.20. The third-order valence-electron chi connectivity index (χ3n) is 3.49. The molecule has 1 fully saturated rings. The first-order valence-electron chi connectivity index (χ1n) is 5.59. The third-order valence-corrected chi connectivity index (χ3v) is 4.19. The van der Waals surface area contributed by atoms with E-state index < -0.39 is 10.1 Å². The van der Waals surface area contributed by atoms with E-state index in [0.717, 1.165) is 0 Å². The molecule has 1 rings (SSSR count). The Morgan fingerprint density at radius 1 is 1.20 bits per heavy atom. The van der Waals surface area contributed by atoms with Gasteiger partial charge in [0.2, 0.25) is 0 Å². The van der Waals surface area contributed by atoms with E-state index in [0.29, 0.717) is 17.1 Å². The summed E-state index contributed by atoms with van der Waals surface area (Å²) in [5, 5.41) is 0. The number of hydrogen-bond acceptors (Lipinski definition) is 2. The van der Waals surface area contributed by atoms with E-state index >= 15 is 0 Å². The van der Waals surface area contributed by atoms with Gasteiger partial charge in [-0.1, -0.05) is 6.42 Å². The van der Waals surface area contributed by atoms with E-state index in [4.69, 9.17) is 4.55 Å². The molecule has 0 saturated heterocycles. The monoisotopic (exact) mass is 236 g/mol. The van der Waals surface area contributed by atoms with Gasteiger partial charge in [-0.15, -0.1) is 0 Å². The number of rotatable bonds is 4. The Bertz CT molecular complexity index is 292. The summed E-state index contributed by atoms with van der Waals surface area (Å²) in [6.07, 6.45) is 6.15. The second-order valence-corrected chi connectivity index (χ2v) is 6.65. The molecule has 0 radical (unpaired) electrons. The molecular weight excluding hydrogens is 214 g/mol. The van der Waals surface area contributed by atoms with Crippen LogP contribution in [-0.2, 0) is 10.1 Å². The predicted octanol–water partition coefficient (Wildman–Crippen LogP) is 1.28. The highest BCUT2D eigenvalue weighted by molar-refractivity contribution is 7.85. The van der Waals surface area contributed by atoms with Gasteiger partial charge in [0.1, 0.15) is 5.75 Å². The van der Waals surface area contributed by atoms with Crippen LogP contribution in [0.1, 0.15) is 32.1 Å². The quantitative estimate of drug-likeness (QED) is 0.591. The fourth-order valence-corrected chi connectivity index (χ4v) is 3.01. The van der Waals surface area contributed by atoms with E-state index in [-0.39, 0.29) is 5.75 Å². The molecule has 0 spiro atoms. The van der Waals surface area contributed by atoms with Crippen molar-refractivity contribution in [1.29, 1.82) is 0 Å². The van der Waals surface area contributed by atoms with Crippen molar-refractivity contribution in [2.24, 2.45) is 0 Å². The van der Waals surface area contributed by atoms with Crippen molar-refractivity contribution < 1.29 is 17.5 Å². The first-order chi connectivity index (χ1) is 6.81. The summed E-state index contributed by atoms with van der Waals surface area (Å²) in [4.78, 5) is 0. The average molecular weight is 236 g/mol. The predicted molar refractivity (Wildman–Crippen MR) is 60.3 cm³/mol. The Balaban J connectivity index is 2.49. The van der Waals surface area contributed by atoms with Crippen molar-refractivity contribution in [3.63, 3.8) is 0 Å². The third kappa shape index (κ3) is 4.49. The zero-order valence-electron chi connectivity index (χ0n) is 9.65. The highest BCUT2D eigenvalue weighted by Gasteiger charge is 2.30. The Labute approximate surface area is 92.6 Å². The molecule has 0 unspecified atom stereocenters. The lowest BCUT2D eigenvalue weighted by atomic mass is 9.93. The zero-order valence-corrected chi connectivity index (χ0v) is 10.5. The molecule has 1 N–H and O–H groups in total. The molecule has 1 aliphatic rings. The van der Waals surface area contributed by atoms with Gasteiger partial charge in [0, 0.05) is 0 Å². The topological polar surface area (TPSA) is 54.4 Å². The molecule has 0 aliphatic heterocycles. The molecule has 5 heteroatoms. The lowest BCUT2D eigenvalue weighted by Crippen LogP contribution is -2.51. The van der Waals surface area contributed by atoms with E-state index in [2.05, 4.69) is 14.1 Å². The standard InChI is InChI=1S/C10H21NO3S/c1-11(2,8-9-15(12,13)14)10-6-4-3-5-7-10/h10H,3-9H2,1-2H3/p+1. The van der Waals surface area contributed by atoms with Crippen molar-refractivity contribution in [2.45, 2.75) is 38.1 Å². The summed E-state index contributed by atoms with van der Waals surface area (Å²) in [7, 11) is 0.302. The minimum absolute atomic E-state index is 0.128. The summed E-state index contributed by atoms with van der Waals surface area (Å²) in [6, 6.07) is 0.556. The van der Waals surface area contributed by atoms with Crippen molar-refractivity contribution in [2.75, 3.05) is 26.4 Å². The van der Waals surface area contributed by atoms with Crippen molar-refractivity contribution in [1.82, 2.24) is 0 Å². The highest BCUT2D eigenvalue weighted by Crippen LogP contribution is 2.25. The molecule has 1 saturated carbocycles. The summed E-state index contributed by atoms with van der Waals surface area (Å²) in [5.74, 6) is -0.128. The Hall–Kier alpha value is -0.130. The molecule has 0 aromatic heterocycles. The van der Waals surface area contributed by atoms with Crippen LogP contribution < -0.4 is 0 Å². The van der Waals surface area contributed by atoms with Crippen LogP contribution in [0.5, 0.6) is 0 Å². The SMILES string of the molecule is C[N+](C)(CCS(=O)(=O)O)C1CCCCC1. The van der Waals surface area contributed by atoms with Crippen LogP contribution >= 0.6 is 0 Å². The summed E-state index contributed by atoms with van der Waals surface area (Å²) >= 11 is 0. The van der Waals surface area contributed by atoms with Gasteiger partial charge in [0.15, 0.2) is 0 Å². The molecule has 90 valence electrons. The van der Waals surface area contributed by atoms with Crippen LogP contribution in [0.2, 0.25) is 0 Å². The molecule has 0 aromatic carbocycles. The molecule has 0 heterocycles. The van der Waals surface area contributed by atoms with Gasteiger partial charge in [0.05, 0.1) is 26.7 Å². The molecule has 0 atom stereocenters. The molecule has 1 aliphatic carbocycles. The van der Waals surface area contributed by atoms with Gasteiger partial charge in [0.25, 0.3) is 10.1 Å². The molecule has 0 aromatic rings. The number of nitrogens with zero attached hydrogens (tertiary/aromatic N) is 1. The van der Waals surface area contributed by atoms with E-state index in [1.807, 2.05) is 0 Å². The second kappa shape index (κ2) is 4.80. The van der Waals surface area contributed by atoms with Crippen LogP contribution in [0.15, 0.2) is 0 Å². The van der Waals surface area contributed by atoms with Crippen LogP contribution in [0.4, 0.5) is 0 Å². The van der Waals surface area contributed by atoms with Crippen molar-refractivity contribution in [3.8, 4) is 0 Å². The van der Waals surface area contributed by atoms with Crippen molar-refractivity contribution in [3.05, 3.63) is 0 Å². The van der Waals surface area contributed by atoms with Crippen LogP contribution in [0.3, 0.4) is 0 Å². The number of quaternary nitrogens is 1. The summed E-state index contributed by atoms with van der Waals surface area (Å²) < 4.78 is 30.9. The minimum atomic E-state index is -3.81. The Morgan fingerprint density at radius 3 is 2.20 bits per heavy atom. The lowest BCUT2D eigenvalue weighted by Gasteiger charge is -2.39. The van der Waals surface area contributed by atoms with E-state index in [1.165, 1.54) is 32.1 Å². The average Bonchev–Trinajstić information content (AvgIpc) is 2.16. The van der Waals surface area contributed by atoms with Crippen molar-refractivity contribution >= 4 is 10.1 Å². The lowest BCUT2D eigenvalue weighted by molar-refractivity contribution is -0.914. The van der Waals surface area contributed by atoms with Gasteiger partial charge in [-0.05, 0) is 25.7 Å². The van der Waals surface area contributed by atoms with Gasteiger partial charge < -0.3 is 4.48 Å². The maximum Gasteiger partial charge on any atom is 0.270 e. The Morgan fingerprint density at radius 2 is 1.73 bits per heavy atom. The fraction of sp³-hybridized carbons (Fsp3) is 1.00. The fourth-order valence-electron chi connectivity index (χ4n) is 2.31. The maximum atomic E-state index is 10.7. The normalized spacial score (nSPS) is 20.5. The first kappa shape index (κ1) is 12.9. The molecule has 4 nitrogen and oxygen atoms in total. The largest absolute Gasteiger partial charge is 0.325 e. The van der Waals surface area contributed by atoms with E-state index in [9.17, 15) is 8.42 Å². The summed E-state index contributed by atoms with van der Waals surface area (Å²) in [5.41, 5.74) is 0. The molecular formula is C10H22NO3S+. The van der Waals surface area contributed by atoms with E-state index in [1.54, 1.807) is 0 Å². The highest BCUT2D eigenvalue weighted by atomic mass is 32.2. The van der Waals surface area contributed by atoms with Crippen LogP contribution in [0.25, 0.3) is 0 Å². The Kier molecular flexibility index (Phi) is 4.14. The second-order valence-electron chi connectivity index (χ2n) is 5.08. The smallest absolute Gasteiger partial charge is 0.270 e. The van der Waals surface area contributed by atoms with Gasteiger partial charge >= 0.3 is 0 Å². The molecule has 0 amide bonds. The van der Waals surface area contributed by atoms with Crippen LogP contribution in [-0.4, -0.2) is 49.9 Å². The molecule has 0 bridgehead atoms. The van der Waals surface area contributed by atoms with Gasteiger partial charge in [-0.2, -0.15) is 8.42 Å².